The lowest BCUT2D eigenvalue weighted by Crippen LogP contribution is -2.25. The predicted octanol–water partition coefficient (Wildman–Crippen LogP) is 3.78. The Labute approximate surface area is 142 Å². The van der Waals surface area contributed by atoms with Gasteiger partial charge in [-0.1, -0.05) is 24.3 Å². The summed E-state index contributed by atoms with van der Waals surface area (Å²) in [6.45, 7) is 0. The van der Waals surface area contributed by atoms with Gasteiger partial charge in [-0.3, -0.25) is 0 Å². The van der Waals surface area contributed by atoms with E-state index in [-0.39, 0.29) is 11.9 Å². The molecule has 2 aromatic rings. The Morgan fingerprint density at radius 3 is 2.29 bits per heavy atom. The van der Waals surface area contributed by atoms with Crippen molar-refractivity contribution in [1.29, 1.82) is 0 Å². The van der Waals surface area contributed by atoms with E-state index in [0.29, 0.717) is 5.75 Å². The zero-order valence-corrected chi connectivity index (χ0v) is 14.3. The Kier molecular flexibility index (Phi) is 6.32. The number of halogens is 1. The number of aryl methyl sites for hydroxylation is 1. The van der Waals surface area contributed by atoms with Crippen molar-refractivity contribution in [2.24, 2.45) is 0 Å². The smallest absolute Gasteiger partial charge is 0.410 e. The minimum Gasteiger partial charge on any atom is -0.410 e. The van der Waals surface area contributed by atoms with Crippen LogP contribution >= 0.6 is 0 Å². The molecule has 1 atom stereocenters. The van der Waals surface area contributed by atoms with Crippen LogP contribution in [0.1, 0.15) is 23.6 Å². The number of nitrogens with zero attached hydrogens (tertiary/aromatic N) is 1. The number of benzene rings is 2. The highest BCUT2D eigenvalue weighted by Crippen LogP contribution is 2.22. The van der Waals surface area contributed by atoms with Gasteiger partial charge >= 0.3 is 6.09 Å². The van der Waals surface area contributed by atoms with Gasteiger partial charge in [-0.25, -0.2) is 9.18 Å². The molecule has 0 spiro atoms. The van der Waals surface area contributed by atoms with Crippen LogP contribution in [-0.4, -0.2) is 32.1 Å². The van der Waals surface area contributed by atoms with Crippen LogP contribution in [0, 0.1) is 5.82 Å². The minimum atomic E-state index is -0.399. The molecule has 128 valence electrons. The molecule has 0 aromatic heterocycles. The molecule has 2 aromatic carbocycles. The molecular weight excluding hydrogens is 307 g/mol. The van der Waals surface area contributed by atoms with Crippen molar-refractivity contribution in [3.8, 4) is 5.75 Å². The molecule has 0 heterocycles. The van der Waals surface area contributed by atoms with Crippen LogP contribution < -0.4 is 10.1 Å². The largest absolute Gasteiger partial charge is 0.414 e. The topological polar surface area (TPSA) is 41.6 Å². The van der Waals surface area contributed by atoms with Gasteiger partial charge in [-0.05, 0) is 55.3 Å². The molecule has 4 nitrogen and oxygen atoms in total. The SMILES string of the molecule is CNC(CCc1ccc(F)cc1)c1ccc(OC(=O)N(C)C)cc1. The maximum atomic E-state index is 12.9. The lowest BCUT2D eigenvalue weighted by molar-refractivity contribution is 0.172. The summed E-state index contributed by atoms with van der Waals surface area (Å²) in [5.74, 6) is 0.303. The summed E-state index contributed by atoms with van der Waals surface area (Å²) in [5.41, 5.74) is 2.22. The number of ether oxygens (including phenoxy) is 1. The van der Waals surface area contributed by atoms with E-state index in [1.165, 1.54) is 17.0 Å². The van der Waals surface area contributed by atoms with Crippen molar-refractivity contribution >= 4 is 6.09 Å². The molecular formula is C19H23FN2O2. The molecule has 0 saturated carbocycles. The molecule has 24 heavy (non-hydrogen) atoms. The predicted molar refractivity (Wildman–Crippen MR) is 92.7 cm³/mol. The summed E-state index contributed by atoms with van der Waals surface area (Å²) in [5, 5.41) is 3.29. The van der Waals surface area contributed by atoms with E-state index in [9.17, 15) is 9.18 Å². The lowest BCUT2D eigenvalue weighted by atomic mass is 9.99. The first-order valence-corrected chi connectivity index (χ1v) is 7.90. The van der Waals surface area contributed by atoms with Crippen molar-refractivity contribution in [3.05, 3.63) is 65.5 Å². The van der Waals surface area contributed by atoms with Crippen LogP contribution in [0.15, 0.2) is 48.5 Å². The molecule has 0 radical (unpaired) electrons. The molecule has 5 heteroatoms. The fraction of sp³-hybridized carbons (Fsp3) is 0.316. The zero-order chi connectivity index (χ0) is 17.5. The fourth-order valence-corrected chi connectivity index (χ4v) is 2.40. The quantitative estimate of drug-likeness (QED) is 0.876. The molecule has 0 bridgehead atoms. The first kappa shape index (κ1) is 17.9. The van der Waals surface area contributed by atoms with Gasteiger partial charge in [-0.2, -0.15) is 0 Å². The molecule has 0 saturated heterocycles. The highest BCUT2D eigenvalue weighted by atomic mass is 19.1. The van der Waals surface area contributed by atoms with Crippen molar-refractivity contribution in [1.82, 2.24) is 10.2 Å². The Balaban J connectivity index is 1.97. The number of amides is 1. The summed E-state index contributed by atoms with van der Waals surface area (Å²) in [6, 6.07) is 14.2. The molecule has 1 unspecified atom stereocenters. The number of hydrogen-bond donors (Lipinski definition) is 1. The van der Waals surface area contributed by atoms with Crippen LogP contribution in [-0.2, 0) is 6.42 Å². The first-order valence-electron chi connectivity index (χ1n) is 7.90. The molecule has 2 rings (SSSR count). The summed E-state index contributed by atoms with van der Waals surface area (Å²) in [7, 11) is 5.20. The number of rotatable bonds is 6. The molecule has 1 N–H and O–H groups in total. The average Bonchev–Trinajstić information content (AvgIpc) is 2.58. The fourth-order valence-electron chi connectivity index (χ4n) is 2.40. The molecule has 0 aliphatic heterocycles. The number of carbonyl (C=O) groups is 1. The Hall–Kier alpha value is -2.40. The second-order valence-corrected chi connectivity index (χ2v) is 5.84. The molecule has 1 amide bonds. The molecule has 0 aliphatic carbocycles. The van der Waals surface area contributed by atoms with E-state index in [1.54, 1.807) is 26.2 Å². The average molecular weight is 330 g/mol. The Morgan fingerprint density at radius 1 is 1.12 bits per heavy atom. The van der Waals surface area contributed by atoms with Crippen molar-refractivity contribution < 1.29 is 13.9 Å². The van der Waals surface area contributed by atoms with Gasteiger partial charge in [0.25, 0.3) is 0 Å². The molecule has 0 fully saturated rings. The van der Waals surface area contributed by atoms with Gasteiger partial charge in [0.05, 0.1) is 0 Å². The monoisotopic (exact) mass is 330 g/mol. The highest BCUT2D eigenvalue weighted by Gasteiger charge is 2.11. The van der Waals surface area contributed by atoms with E-state index in [2.05, 4.69) is 5.32 Å². The third-order valence-corrected chi connectivity index (χ3v) is 3.84. The van der Waals surface area contributed by atoms with Crippen LogP contribution in [0.25, 0.3) is 0 Å². The van der Waals surface area contributed by atoms with Gasteiger partial charge < -0.3 is 15.0 Å². The number of carbonyl (C=O) groups excluding carboxylic acids is 1. The summed E-state index contributed by atoms with van der Waals surface area (Å²) < 4.78 is 18.2. The van der Waals surface area contributed by atoms with Gasteiger partial charge in [0.15, 0.2) is 0 Å². The van der Waals surface area contributed by atoms with Gasteiger partial charge in [-0.15, -0.1) is 0 Å². The van der Waals surface area contributed by atoms with E-state index in [0.717, 1.165) is 24.0 Å². The zero-order valence-electron chi connectivity index (χ0n) is 14.3. The Morgan fingerprint density at radius 2 is 1.75 bits per heavy atom. The second kappa shape index (κ2) is 8.45. The van der Waals surface area contributed by atoms with E-state index in [4.69, 9.17) is 4.74 Å². The van der Waals surface area contributed by atoms with Gasteiger partial charge in [0, 0.05) is 20.1 Å². The lowest BCUT2D eigenvalue weighted by Gasteiger charge is -2.17. The van der Waals surface area contributed by atoms with Gasteiger partial charge in [0.2, 0.25) is 0 Å². The van der Waals surface area contributed by atoms with Crippen molar-refractivity contribution in [2.75, 3.05) is 21.1 Å². The van der Waals surface area contributed by atoms with Crippen LogP contribution in [0.2, 0.25) is 0 Å². The van der Waals surface area contributed by atoms with Crippen LogP contribution in [0.3, 0.4) is 0 Å². The third kappa shape index (κ3) is 5.06. The Bertz CT molecular complexity index is 654. The normalized spacial score (nSPS) is 11.8. The first-order chi connectivity index (χ1) is 11.5. The van der Waals surface area contributed by atoms with Crippen molar-refractivity contribution in [2.45, 2.75) is 18.9 Å². The summed E-state index contributed by atoms with van der Waals surface area (Å²) in [6.07, 6.45) is 1.34. The summed E-state index contributed by atoms with van der Waals surface area (Å²) >= 11 is 0. The van der Waals surface area contributed by atoms with Crippen molar-refractivity contribution in [3.63, 3.8) is 0 Å². The van der Waals surface area contributed by atoms with E-state index >= 15 is 0 Å². The number of nitrogens with one attached hydrogen (secondary N) is 1. The second-order valence-electron chi connectivity index (χ2n) is 5.84. The van der Waals surface area contributed by atoms with E-state index < -0.39 is 6.09 Å². The standard InChI is InChI=1S/C19H23FN2O2/c1-21-18(13-6-14-4-9-16(20)10-5-14)15-7-11-17(12-8-15)24-19(23)22(2)3/h4-5,7-12,18,21H,6,13H2,1-3H3. The summed E-state index contributed by atoms with van der Waals surface area (Å²) in [4.78, 5) is 12.9. The van der Waals surface area contributed by atoms with Crippen LogP contribution in [0.4, 0.5) is 9.18 Å². The number of hydrogen-bond acceptors (Lipinski definition) is 3. The highest BCUT2D eigenvalue weighted by molar-refractivity contribution is 5.69. The third-order valence-electron chi connectivity index (χ3n) is 3.84. The maximum Gasteiger partial charge on any atom is 0.414 e. The minimum absolute atomic E-state index is 0.175. The maximum absolute atomic E-state index is 12.9. The van der Waals surface area contributed by atoms with Gasteiger partial charge in [0.1, 0.15) is 11.6 Å². The molecule has 0 aliphatic rings. The van der Waals surface area contributed by atoms with Crippen LogP contribution in [0.5, 0.6) is 5.75 Å². The van der Waals surface area contributed by atoms with E-state index in [1.807, 2.05) is 31.3 Å².